The van der Waals surface area contributed by atoms with Gasteiger partial charge in [-0.1, -0.05) is 0 Å². The number of halogens is 1. The maximum absolute atomic E-state index is 13.2. The van der Waals surface area contributed by atoms with E-state index in [9.17, 15) is 4.39 Å². The second-order valence-corrected chi connectivity index (χ2v) is 6.52. The lowest BCUT2D eigenvalue weighted by Gasteiger charge is -2.24. The van der Waals surface area contributed by atoms with Crippen LogP contribution in [0.4, 0.5) is 4.39 Å². The molecule has 2 aliphatic rings. The van der Waals surface area contributed by atoms with Crippen LogP contribution in [-0.2, 0) is 0 Å². The summed E-state index contributed by atoms with van der Waals surface area (Å²) in [6, 6.07) is 14.2. The van der Waals surface area contributed by atoms with Crippen molar-refractivity contribution in [1.29, 1.82) is 0 Å². The highest BCUT2D eigenvalue weighted by Gasteiger charge is 2.29. The maximum atomic E-state index is 13.2. The second-order valence-electron chi connectivity index (χ2n) is 6.52. The van der Waals surface area contributed by atoms with Crippen molar-refractivity contribution < 1.29 is 4.39 Å². The number of nitrogens with zero attached hydrogens (tertiary/aromatic N) is 3. The molecule has 0 aliphatic carbocycles. The average Bonchev–Trinajstić information content (AvgIpc) is 3.18. The SMILES string of the molecule is Fc1ccc(C2=NC3NC(c4cccnc4)=C(c4ccncc4)C=C3N2)cc1. The van der Waals surface area contributed by atoms with Gasteiger partial charge in [0.05, 0.1) is 11.4 Å². The van der Waals surface area contributed by atoms with Gasteiger partial charge in [-0.15, -0.1) is 0 Å². The number of aromatic nitrogens is 2. The molecule has 0 spiro atoms. The molecule has 1 aromatic carbocycles. The first-order valence-electron chi connectivity index (χ1n) is 8.92. The Morgan fingerprint density at radius 3 is 2.39 bits per heavy atom. The Kier molecular flexibility index (Phi) is 3.94. The van der Waals surface area contributed by atoms with Crippen molar-refractivity contribution in [2.24, 2.45) is 4.99 Å². The van der Waals surface area contributed by atoms with E-state index >= 15 is 0 Å². The summed E-state index contributed by atoms with van der Waals surface area (Å²) >= 11 is 0. The predicted molar refractivity (Wildman–Crippen MR) is 106 cm³/mol. The molecule has 2 N–H and O–H groups in total. The summed E-state index contributed by atoms with van der Waals surface area (Å²) in [7, 11) is 0. The van der Waals surface area contributed by atoms with Gasteiger partial charge in [0.1, 0.15) is 11.7 Å². The minimum absolute atomic E-state index is 0.235. The largest absolute Gasteiger partial charge is 0.358 e. The van der Waals surface area contributed by atoms with Crippen molar-refractivity contribution in [3.8, 4) is 0 Å². The molecule has 4 heterocycles. The number of hydrogen-bond acceptors (Lipinski definition) is 5. The number of nitrogens with one attached hydrogen (secondary N) is 2. The third kappa shape index (κ3) is 2.95. The Balaban J connectivity index is 1.57. The van der Waals surface area contributed by atoms with Crippen LogP contribution in [0.25, 0.3) is 11.3 Å². The normalized spacial score (nSPS) is 18.0. The molecule has 0 radical (unpaired) electrons. The first kappa shape index (κ1) is 16.4. The van der Waals surface area contributed by atoms with E-state index in [2.05, 4.69) is 26.7 Å². The van der Waals surface area contributed by atoms with Crippen LogP contribution < -0.4 is 10.6 Å². The smallest absolute Gasteiger partial charge is 0.162 e. The average molecular weight is 369 g/mol. The van der Waals surface area contributed by atoms with Crippen molar-refractivity contribution >= 4 is 17.1 Å². The van der Waals surface area contributed by atoms with Gasteiger partial charge in [-0.2, -0.15) is 0 Å². The predicted octanol–water partition coefficient (Wildman–Crippen LogP) is 3.35. The number of benzene rings is 1. The van der Waals surface area contributed by atoms with Crippen molar-refractivity contribution in [3.63, 3.8) is 0 Å². The maximum Gasteiger partial charge on any atom is 0.162 e. The summed E-state index contributed by atoms with van der Waals surface area (Å²) in [4.78, 5) is 13.1. The molecule has 5 rings (SSSR count). The summed E-state index contributed by atoms with van der Waals surface area (Å²) in [6.07, 6.45) is 8.99. The van der Waals surface area contributed by atoms with Gasteiger partial charge < -0.3 is 10.6 Å². The molecule has 3 aromatic rings. The van der Waals surface area contributed by atoms with Crippen LogP contribution in [0.1, 0.15) is 16.7 Å². The standard InChI is InChI=1S/C22H16FN5/c23-17-5-3-15(4-6-17)21-26-19-12-18(14-7-10-24-11-8-14)20(27-22(19)28-21)16-2-1-9-25-13-16/h1-13,22,27H,(H,26,28). The summed E-state index contributed by atoms with van der Waals surface area (Å²) in [6.45, 7) is 0. The summed E-state index contributed by atoms with van der Waals surface area (Å²) in [5.74, 6) is 0.447. The molecule has 136 valence electrons. The van der Waals surface area contributed by atoms with Crippen molar-refractivity contribution in [1.82, 2.24) is 20.6 Å². The fourth-order valence-corrected chi connectivity index (χ4v) is 3.37. The summed E-state index contributed by atoms with van der Waals surface area (Å²) in [5.41, 5.74) is 5.80. The second kappa shape index (κ2) is 6.74. The fraction of sp³-hybridized carbons (Fsp3) is 0.0455. The molecule has 28 heavy (non-hydrogen) atoms. The van der Waals surface area contributed by atoms with Gasteiger partial charge >= 0.3 is 0 Å². The number of fused-ring (bicyclic) bond motifs is 1. The topological polar surface area (TPSA) is 62.2 Å². The first-order valence-corrected chi connectivity index (χ1v) is 8.92. The quantitative estimate of drug-likeness (QED) is 0.743. The van der Waals surface area contributed by atoms with E-state index in [0.29, 0.717) is 5.84 Å². The van der Waals surface area contributed by atoms with Crippen LogP contribution in [0, 0.1) is 5.82 Å². The first-order chi connectivity index (χ1) is 13.8. The lowest BCUT2D eigenvalue weighted by molar-refractivity contribution is 0.628. The Labute approximate surface area is 161 Å². The molecule has 1 unspecified atom stereocenters. The van der Waals surface area contributed by atoms with Crippen LogP contribution in [0.3, 0.4) is 0 Å². The van der Waals surface area contributed by atoms with Crippen molar-refractivity contribution in [2.75, 3.05) is 0 Å². The van der Waals surface area contributed by atoms with Crippen LogP contribution in [0.5, 0.6) is 0 Å². The molecule has 5 nitrogen and oxygen atoms in total. The van der Waals surface area contributed by atoms with Gasteiger partial charge in [0, 0.05) is 41.5 Å². The number of amidine groups is 1. The molecule has 0 fully saturated rings. The van der Waals surface area contributed by atoms with Gasteiger partial charge in [-0.25, -0.2) is 9.38 Å². The zero-order valence-electron chi connectivity index (χ0n) is 14.8. The molecular formula is C22H16FN5. The van der Waals surface area contributed by atoms with Crippen LogP contribution >= 0.6 is 0 Å². The highest BCUT2D eigenvalue weighted by Crippen LogP contribution is 2.32. The number of pyridine rings is 2. The van der Waals surface area contributed by atoms with Crippen LogP contribution in [0.2, 0.25) is 0 Å². The Morgan fingerprint density at radius 1 is 0.821 bits per heavy atom. The summed E-state index contributed by atoms with van der Waals surface area (Å²) < 4.78 is 13.2. The number of dihydropyridines is 1. The Morgan fingerprint density at radius 2 is 1.64 bits per heavy atom. The lowest BCUT2D eigenvalue weighted by Crippen LogP contribution is -2.32. The van der Waals surface area contributed by atoms with E-state index < -0.39 is 0 Å². The van der Waals surface area contributed by atoms with Gasteiger partial charge in [0.15, 0.2) is 6.17 Å². The minimum atomic E-state index is -0.266. The van der Waals surface area contributed by atoms with Gasteiger partial charge in [0.25, 0.3) is 0 Å². The van der Waals surface area contributed by atoms with Crippen LogP contribution in [0.15, 0.2) is 90.1 Å². The number of allylic oxidation sites excluding steroid dienone is 2. The van der Waals surface area contributed by atoms with Gasteiger partial charge in [-0.05, 0) is 60.2 Å². The molecule has 0 saturated carbocycles. The molecule has 0 bridgehead atoms. The molecular weight excluding hydrogens is 353 g/mol. The monoisotopic (exact) mass is 369 g/mol. The molecule has 1 atom stereocenters. The van der Waals surface area contributed by atoms with Crippen molar-refractivity contribution in [3.05, 3.63) is 108 Å². The van der Waals surface area contributed by atoms with Gasteiger partial charge in [-0.3, -0.25) is 9.97 Å². The highest BCUT2D eigenvalue weighted by molar-refractivity contribution is 6.04. The molecule has 2 aromatic heterocycles. The Bertz CT molecular complexity index is 1100. The molecule has 0 amide bonds. The zero-order chi connectivity index (χ0) is 18.9. The van der Waals surface area contributed by atoms with E-state index in [4.69, 9.17) is 4.99 Å². The van der Waals surface area contributed by atoms with Crippen molar-refractivity contribution in [2.45, 2.75) is 6.17 Å². The zero-order valence-corrected chi connectivity index (χ0v) is 14.8. The summed E-state index contributed by atoms with van der Waals surface area (Å²) in [5, 5.41) is 6.88. The minimum Gasteiger partial charge on any atom is -0.358 e. The highest BCUT2D eigenvalue weighted by atomic mass is 19.1. The van der Waals surface area contributed by atoms with Gasteiger partial charge in [0.2, 0.25) is 0 Å². The molecule has 0 saturated heterocycles. The lowest BCUT2D eigenvalue weighted by atomic mass is 9.96. The van der Waals surface area contributed by atoms with E-state index in [1.165, 1.54) is 12.1 Å². The number of aliphatic imine (C=N–C) groups is 1. The van der Waals surface area contributed by atoms with Crippen LogP contribution in [-0.4, -0.2) is 22.0 Å². The molecule has 2 aliphatic heterocycles. The van der Waals surface area contributed by atoms with E-state index in [1.54, 1.807) is 30.7 Å². The third-order valence-corrected chi connectivity index (χ3v) is 4.72. The fourth-order valence-electron chi connectivity index (χ4n) is 3.37. The Hall–Kier alpha value is -3.80. The molecule has 6 heteroatoms. The van der Waals surface area contributed by atoms with E-state index in [1.807, 2.05) is 30.5 Å². The van der Waals surface area contributed by atoms with E-state index in [0.717, 1.165) is 33.7 Å². The third-order valence-electron chi connectivity index (χ3n) is 4.72. The number of rotatable bonds is 3. The number of hydrogen-bond donors (Lipinski definition) is 2. The van der Waals surface area contributed by atoms with E-state index in [-0.39, 0.29) is 12.0 Å².